The zero-order chi connectivity index (χ0) is 12.3. The van der Waals surface area contributed by atoms with Crippen molar-refractivity contribution < 1.29 is 4.79 Å². The number of hydrogen-bond acceptors (Lipinski definition) is 2. The van der Waals surface area contributed by atoms with Crippen molar-refractivity contribution in [3.05, 3.63) is 21.9 Å². The Hall–Kier alpha value is -0.540. The molecule has 94 valence electrons. The van der Waals surface area contributed by atoms with Crippen LogP contribution in [-0.2, 0) is 0 Å². The van der Waals surface area contributed by atoms with Gasteiger partial charge in [-0.2, -0.15) is 0 Å². The first-order valence-electron chi connectivity index (χ1n) is 6.14. The minimum atomic E-state index is 0.0603. The number of nitrogens with one attached hydrogen (secondary N) is 1. The molecule has 2 nitrogen and oxygen atoms in total. The van der Waals surface area contributed by atoms with Crippen molar-refractivity contribution in [1.82, 2.24) is 5.32 Å². The van der Waals surface area contributed by atoms with Crippen LogP contribution in [0.5, 0.6) is 0 Å². The Morgan fingerprint density at radius 3 is 2.88 bits per heavy atom. The van der Waals surface area contributed by atoms with E-state index in [1.165, 1.54) is 17.7 Å². The van der Waals surface area contributed by atoms with Crippen LogP contribution in [0, 0.1) is 12.8 Å². The number of amides is 1. The molecular formula is C13H18ClNOS. The molecule has 2 rings (SSSR count). The third-order valence-electron chi connectivity index (χ3n) is 3.39. The second kappa shape index (κ2) is 5.87. The summed E-state index contributed by atoms with van der Waals surface area (Å²) in [4.78, 5) is 14.0. The number of alkyl halides is 1. The third-order valence-corrected chi connectivity index (χ3v) is 4.78. The Labute approximate surface area is 111 Å². The summed E-state index contributed by atoms with van der Waals surface area (Å²) in [6.45, 7) is 2.02. The molecule has 0 aliphatic heterocycles. The van der Waals surface area contributed by atoms with E-state index in [1.54, 1.807) is 11.3 Å². The average Bonchev–Trinajstić information content (AvgIpc) is 2.77. The first-order valence-corrected chi connectivity index (χ1v) is 7.49. The molecule has 1 aromatic rings. The Morgan fingerprint density at radius 1 is 1.47 bits per heavy atom. The van der Waals surface area contributed by atoms with E-state index in [0.717, 1.165) is 17.7 Å². The van der Waals surface area contributed by atoms with E-state index in [9.17, 15) is 4.79 Å². The minimum Gasteiger partial charge on any atom is -0.348 e. The molecule has 1 aliphatic carbocycles. The summed E-state index contributed by atoms with van der Waals surface area (Å²) in [6, 6.07) is 4.14. The smallest absolute Gasteiger partial charge is 0.261 e. The molecule has 1 aromatic heterocycles. The number of carbonyl (C=O) groups excluding carboxylic acids is 1. The lowest BCUT2D eigenvalue weighted by Crippen LogP contribution is -2.42. The highest BCUT2D eigenvalue weighted by molar-refractivity contribution is 7.13. The van der Waals surface area contributed by atoms with E-state index >= 15 is 0 Å². The average molecular weight is 272 g/mol. The SMILES string of the molecule is Cc1ccc(C(=O)NC2CCCCC2CCl)s1. The van der Waals surface area contributed by atoms with E-state index in [2.05, 4.69) is 5.32 Å². The molecule has 1 N–H and O–H groups in total. The van der Waals surface area contributed by atoms with Crippen LogP contribution in [-0.4, -0.2) is 17.8 Å². The van der Waals surface area contributed by atoms with Gasteiger partial charge in [-0.05, 0) is 37.8 Å². The van der Waals surface area contributed by atoms with Crippen molar-refractivity contribution >= 4 is 28.8 Å². The molecule has 1 saturated carbocycles. The standard InChI is InChI=1S/C13H18ClNOS/c1-9-6-7-12(17-9)13(16)15-11-5-3-2-4-10(11)8-14/h6-7,10-11H,2-5,8H2,1H3,(H,15,16). The van der Waals surface area contributed by atoms with E-state index in [1.807, 2.05) is 19.1 Å². The van der Waals surface area contributed by atoms with E-state index in [0.29, 0.717) is 11.8 Å². The van der Waals surface area contributed by atoms with Crippen molar-refractivity contribution in [2.24, 2.45) is 5.92 Å². The van der Waals surface area contributed by atoms with Gasteiger partial charge in [0.05, 0.1) is 4.88 Å². The molecule has 1 heterocycles. The van der Waals surface area contributed by atoms with Gasteiger partial charge in [-0.3, -0.25) is 4.79 Å². The molecule has 0 radical (unpaired) electrons. The number of aryl methyl sites for hydroxylation is 1. The molecule has 1 fully saturated rings. The quantitative estimate of drug-likeness (QED) is 0.837. The summed E-state index contributed by atoms with van der Waals surface area (Å²) in [6.07, 6.45) is 4.63. The lowest BCUT2D eigenvalue weighted by molar-refractivity contribution is 0.0915. The van der Waals surface area contributed by atoms with Crippen LogP contribution in [0.15, 0.2) is 12.1 Å². The molecule has 0 saturated heterocycles. The maximum atomic E-state index is 12.0. The Morgan fingerprint density at radius 2 is 2.24 bits per heavy atom. The van der Waals surface area contributed by atoms with Crippen LogP contribution >= 0.6 is 22.9 Å². The van der Waals surface area contributed by atoms with Crippen LogP contribution in [0.1, 0.15) is 40.2 Å². The minimum absolute atomic E-state index is 0.0603. The largest absolute Gasteiger partial charge is 0.348 e. The first-order chi connectivity index (χ1) is 8.20. The lowest BCUT2D eigenvalue weighted by atomic mass is 9.86. The fourth-order valence-corrected chi connectivity index (χ4v) is 3.52. The van der Waals surface area contributed by atoms with Crippen molar-refractivity contribution in [2.75, 3.05) is 5.88 Å². The molecule has 0 aromatic carbocycles. The third kappa shape index (κ3) is 3.23. The van der Waals surface area contributed by atoms with Gasteiger partial charge in [0.25, 0.3) is 5.91 Å². The Bertz CT molecular complexity index is 391. The van der Waals surface area contributed by atoms with Gasteiger partial charge in [-0.25, -0.2) is 0 Å². The Kier molecular flexibility index (Phi) is 4.46. The Balaban J connectivity index is 1.97. The highest BCUT2D eigenvalue weighted by atomic mass is 35.5. The maximum absolute atomic E-state index is 12.0. The number of carbonyl (C=O) groups is 1. The molecular weight excluding hydrogens is 254 g/mol. The van der Waals surface area contributed by atoms with Gasteiger partial charge in [-0.15, -0.1) is 22.9 Å². The van der Waals surface area contributed by atoms with Gasteiger partial charge in [0.2, 0.25) is 0 Å². The molecule has 4 heteroatoms. The fraction of sp³-hybridized carbons (Fsp3) is 0.615. The predicted molar refractivity (Wildman–Crippen MR) is 73.0 cm³/mol. The van der Waals surface area contributed by atoms with Crippen LogP contribution in [0.4, 0.5) is 0 Å². The van der Waals surface area contributed by atoms with Gasteiger partial charge in [-0.1, -0.05) is 12.8 Å². The van der Waals surface area contributed by atoms with Crippen molar-refractivity contribution in [3.63, 3.8) is 0 Å². The highest BCUT2D eigenvalue weighted by Gasteiger charge is 2.26. The van der Waals surface area contributed by atoms with Crippen LogP contribution in [0.3, 0.4) is 0 Å². The van der Waals surface area contributed by atoms with Crippen LogP contribution in [0.25, 0.3) is 0 Å². The normalized spacial score (nSPS) is 24.6. The molecule has 2 atom stereocenters. The molecule has 0 bridgehead atoms. The van der Waals surface area contributed by atoms with Crippen molar-refractivity contribution in [3.8, 4) is 0 Å². The van der Waals surface area contributed by atoms with E-state index < -0.39 is 0 Å². The number of hydrogen-bond donors (Lipinski definition) is 1. The van der Waals surface area contributed by atoms with Crippen molar-refractivity contribution in [1.29, 1.82) is 0 Å². The summed E-state index contributed by atoms with van der Waals surface area (Å²) >= 11 is 7.51. The first kappa shape index (κ1) is 12.9. The monoisotopic (exact) mass is 271 g/mol. The highest BCUT2D eigenvalue weighted by Crippen LogP contribution is 2.26. The molecule has 0 spiro atoms. The molecule has 1 aliphatic rings. The molecule has 17 heavy (non-hydrogen) atoms. The van der Waals surface area contributed by atoms with E-state index in [4.69, 9.17) is 11.6 Å². The van der Waals surface area contributed by atoms with E-state index in [-0.39, 0.29) is 11.9 Å². The van der Waals surface area contributed by atoms with Crippen LogP contribution < -0.4 is 5.32 Å². The number of halogens is 1. The second-order valence-electron chi connectivity index (χ2n) is 4.69. The maximum Gasteiger partial charge on any atom is 0.261 e. The summed E-state index contributed by atoms with van der Waals surface area (Å²) in [5, 5.41) is 3.14. The van der Waals surface area contributed by atoms with Crippen molar-refractivity contribution in [2.45, 2.75) is 38.6 Å². The molecule has 1 amide bonds. The topological polar surface area (TPSA) is 29.1 Å². The second-order valence-corrected chi connectivity index (χ2v) is 6.29. The fourth-order valence-electron chi connectivity index (χ4n) is 2.38. The summed E-state index contributed by atoms with van der Waals surface area (Å²) < 4.78 is 0. The van der Waals surface area contributed by atoms with Gasteiger partial charge in [0.15, 0.2) is 0 Å². The summed E-state index contributed by atoms with van der Waals surface area (Å²) in [5.41, 5.74) is 0. The zero-order valence-corrected chi connectivity index (χ0v) is 11.6. The zero-order valence-electron chi connectivity index (χ0n) is 10.0. The lowest BCUT2D eigenvalue weighted by Gasteiger charge is -2.30. The van der Waals surface area contributed by atoms with Gasteiger partial charge in [0, 0.05) is 16.8 Å². The summed E-state index contributed by atoms with van der Waals surface area (Å²) in [5.74, 6) is 1.15. The molecule has 2 unspecified atom stereocenters. The van der Waals surface area contributed by atoms with Crippen LogP contribution in [0.2, 0.25) is 0 Å². The van der Waals surface area contributed by atoms with Gasteiger partial charge < -0.3 is 5.32 Å². The van der Waals surface area contributed by atoms with Gasteiger partial charge in [0.1, 0.15) is 0 Å². The van der Waals surface area contributed by atoms with Gasteiger partial charge >= 0.3 is 0 Å². The summed E-state index contributed by atoms with van der Waals surface area (Å²) in [7, 11) is 0. The number of rotatable bonds is 3. The number of thiophene rings is 1. The predicted octanol–water partition coefficient (Wildman–Crippen LogP) is 3.58.